The van der Waals surface area contributed by atoms with Crippen LogP contribution in [0, 0.1) is 17.2 Å². The van der Waals surface area contributed by atoms with Crippen molar-refractivity contribution in [3.8, 4) is 0 Å². The van der Waals surface area contributed by atoms with Gasteiger partial charge in [0.25, 0.3) is 5.91 Å². The van der Waals surface area contributed by atoms with Crippen LogP contribution in [0.3, 0.4) is 0 Å². The highest BCUT2D eigenvalue weighted by Gasteiger charge is 2.56. The van der Waals surface area contributed by atoms with Crippen molar-refractivity contribution in [2.45, 2.75) is 102 Å². The van der Waals surface area contributed by atoms with Crippen LogP contribution >= 0.6 is 0 Å². The molecule has 0 spiro atoms. The molecule has 0 radical (unpaired) electrons. The van der Waals surface area contributed by atoms with E-state index >= 15 is 0 Å². The first-order valence-electron chi connectivity index (χ1n) is 14.3. The topological polar surface area (TPSA) is 198 Å². The van der Waals surface area contributed by atoms with E-state index in [1.54, 1.807) is 46.8 Å². The first-order chi connectivity index (χ1) is 19.7. The number of ether oxygens (including phenoxy) is 4. The van der Waals surface area contributed by atoms with Gasteiger partial charge in [-0.3, -0.25) is 19.8 Å². The summed E-state index contributed by atoms with van der Waals surface area (Å²) in [7, 11) is 1.40. The second-order valence-corrected chi connectivity index (χ2v) is 12.0. The molecule has 0 unspecified atom stereocenters. The van der Waals surface area contributed by atoms with Gasteiger partial charge in [-0.2, -0.15) is 0 Å². The van der Waals surface area contributed by atoms with Gasteiger partial charge < -0.3 is 40.1 Å². The minimum absolute atomic E-state index is 0.0470. The zero-order valence-electron chi connectivity index (χ0n) is 25.3. The molecular formula is C29H45N5O8. The summed E-state index contributed by atoms with van der Waals surface area (Å²) in [5.41, 5.74) is 4.10. The van der Waals surface area contributed by atoms with Crippen LogP contribution in [-0.2, 0) is 38.9 Å². The first kappa shape index (κ1) is 33.4. The van der Waals surface area contributed by atoms with Crippen molar-refractivity contribution in [2.75, 3.05) is 13.7 Å². The van der Waals surface area contributed by atoms with Crippen LogP contribution in [0.1, 0.15) is 78.1 Å². The molecule has 42 heavy (non-hydrogen) atoms. The quantitative estimate of drug-likeness (QED) is 0.137. The third-order valence-corrected chi connectivity index (χ3v) is 8.18. The van der Waals surface area contributed by atoms with Crippen molar-refractivity contribution < 1.29 is 38.4 Å². The smallest absolute Gasteiger partial charge is 0.323 e. The number of aliphatic hydroxyl groups excluding tert-OH is 1. The summed E-state index contributed by atoms with van der Waals surface area (Å²) in [5, 5.41) is 21.5. The lowest BCUT2D eigenvalue weighted by atomic mass is 9.93. The predicted octanol–water partition coefficient (Wildman–Crippen LogP) is 1.90. The molecular weight excluding hydrogens is 546 g/mol. The molecule has 1 aromatic rings. The number of aromatic nitrogens is 1. The Morgan fingerprint density at radius 1 is 1.31 bits per heavy atom. The number of rotatable bonds is 12. The fourth-order valence-electron chi connectivity index (χ4n) is 5.04. The molecule has 1 aromatic heterocycles. The van der Waals surface area contributed by atoms with E-state index in [9.17, 15) is 19.5 Å². The zero-order chi connectivity index (χ0) is 31.2. The van der Waals surface area contributed by atoms with Gasteiger partial charge in [0, 0.05) is 13.5 Å². The second-order valence-electron chi connectivity index (χ2n) is 12.0. The number of aliphatic hydroxyl groups is 1. The van der Waals surface area contributed by atoms with Gasteiger partial charge >= 0.3 is 11.9 Å². The molecule has 2 fully saturated rings. The van der Waals surface area contributed by atoms with Gasteiger partial charge in [0.1, 0.15) is 42.4 Å². The highest BCUT2D eigenvalue weighted by atomic mass is 16.6. The number of aliphatic imine (C=N–C) groups is 1. The van der Waals surface area contributed by atoms with Gasteiger partial charge in [-0.25, -0.2) is 4.99 Å². The molecule has 1 aliphatic heterocycles. The number of nitrogens with two attached hydrogens (primary N) is 1. The van der Waals surface area contributed by atoms with Gasteiger partial charge in [0.15, 0.2) is 11.9 Å². The van der Waals surface area contributed by atoms with Gasteiger partial charge in [0.05, 0.1) is 11.4 Å². The lowest BCUT2D eigenvalue weighted by molar-refractivity contribution is -0.162. The predicted molar refractivity (Wildman–Crippen MR) is 154 cm³/mol. The highest BCUT2D eigenvalue weighted by molar-refractivity contribution is 6.10. The van der Waals surface area contributed by atoms with Gasteiger partial charge in [-0.15, -0.1) is 0 Å². The van der Waals surface area contributed by atoms with Crippen molar-refractivity contribution >= 4 is 30.0 Å². The number of hydrogen-bond donors (Lipinski definition) is 5. The largest absolute Gasteiger partial charge is 0.463 e. The third-order valence-electron chi connectivity index (χ3n) is 8.18. The number of hydrogen-bond acceptors (Lipinski definition) is 10. The zero-order valence-corrected chi connectivity index (χ0v) is 25.3. The van der Waals surface area contributed by atoms with E-state index in [1.807, 2.05) is 0 Å². The Balaban J connectivity index is 1.84. The van der Waals surface area contributed by atoms with E-state index in [1.165, 1.54) is 7.11 Å². The maximum atomic E-state index is 12.8. The average molecular weight is 592 g/mol. The van der Waals surface area contributed by atoms with Crippen molar-refractivity contribution in [1.82, 2.24) is 10.3 Å². The number of H-pyrrole nitrogens is 1. The molecule has 1 aliphatic carbocycles. The molecule has 2 heterocycles. The number of esters is 2. The maximum absolute atomic E-state index is 12.8. The standard InChI is InChI=1S/C29H45N5O8/c1-16(2)22(31)26(37)41-23-19(14-40-21(35)13-17-9-7-8-10-17)42-29(5,24(23)36)20-12-11-18(33-20)25(32-15-30)34-27(38)28(3,4)39-6/h11-12,15-17,19,22-24,33,36H,7-10,13-14,31H2,1-6H3,(H2,30,32,34,38)/t19-,22-,23-,24-,29+/m1/s1. The van der Waals surface area contributed by atoms with E-state index < -0.39 is 47.4 Å². The van der Waals surface area contributed by atoms with Crippen LogP contribution in [0.5, 0.6) is 0 Å². The lowest BCUT2D eigenvalue weighted by Gasteiger charge is -2.27. The Labute approximate surface area is 246 Å². The normalized spacial score (nSPS) is 25.8. The molecule has 5 atom stereocenters. The number of amides is 1. The van der Waals surface area contributed by atoms with Crippen LogP contribution in [-0.4, -0.2) is 83.8 Å². The summed E-state index contributed by atoms with van der Waals surface area (Å²) < 4.78 is 22.7. The minimum Gasteiger partial charge on any atom is -0.463 e. The Hall–Kier alpha value is -3.13. The fraction of sp³-hybridized carbons (Fsp3) is 0.690. The van der Waals surface area contributed by atoms with Crippen molar-refractivity contribution in [2.24, 2.45) is 22.6 Å². The Bertz CT molecular complexity index is 1160. The second kappa shape index (κ2) is 13.9. The number of amidine groups is 1. The summed E-state index contributed by atoms with van der Waals surface area (Å²) in [6.45, 7) is 8.10. The number of aromatic amines is 1. The van der Waals surface area contributed by atoms with Crippen LogP contribution in [0.4, 0.5) is 0 Å². The summed E-state index contributed by atoms with van der Waals surface area (Å²) in [5.74, 6) is -1.44. The molecule has 0 aromatic carbocycles. The molecule has 2 aliphatic rings. The van der Waals surface area contributed by atoms with E-state index in [0.29, 0.717) is 23.7 Å². The molecule has 234 valence electrons. The molecule has 1 saturated heterocycles. The van der Waals surface area contributed by atoms with Crippen LogP contribution in [0.15, 0.2) is 17.1 Å². The molecule has 6 N–H and O–H groups in total. The molecule has 13 heteroatoms. The Kier molecular flexibility index (Phi) is 11.0. The van der Waals surface area contributed by atoms with Crippen LogP contribution in [0.2, 0.25) is 0 Å². The molecule has 1 amide bonds. The lowest BCUT2D eigenvalue weighted by Crippen LogP contribution is -2.46. The first-order valence-corrected chi connectivity index (χ1v) is 14.3. The van der Waals surface area contributed by atoms with E-state index in [0.717, 1.165) is 32.0 Å². The van der Waals surface area contributed by atoms with Gasteiger partial charge in [-0.05, 0) is 57.6 Å². The maximum Gasteiger partial charge on any atom is 0.323 e. The van der Waals surface area contributed by atoms with Crippen molar-refractivity contribution in [1.29, 1.82) is 5.41 Å². The van der Waals surface area contributed by atoms with Crippen molar-refractivity contribution in [3.63, 3.8) is 0 Å². The van der Waals surface area contributed by atoms with E-state index in [-0.39, 0.29) is 24.3 Å². The number of carbonyl (C=O) groups excluding carboxylic acids is 3. The summed E-state index contributed by atoms with van der Waals surface area (Å²) in [6, 6.07) is 2.30. The summed E-state index contributed by atoms with van der Waals surface area (Å²) in [6.07, 6.45) is 1.71. The number of nitrogens with zero attached hydrogens (tertiary/aromatic N) is 1. The number of nitrogens with one attached hydrogen (secondary N) is 3. The summed E-state index contributed by atoms with van der Waals surface area (Å²) >= 11 is 0. The molecule has 0 bridgehead atoms. The average Bonchev–Trinajstić information content (AvgIpc) is 3.69. The Morgan fingerprint density at radius 2 is 1.98 bits per heavy atom. The van der Waals surface area contributed by atoms with E-state index in [4.69, 9.17) is 30.1 Å². The number of carbonyl (C=O) groups is 3. The SMILES string of the molecule is COC(C)(C)C(=O)NC(=NC=N)c1ccc([C@]2(C)O[C@H](COC(=O)CC3CCCC3)[C@@H](OC(=O)[C@H](N)C(C)C)[C@H]2O)[nH]1. The monoisotopic (exact) mass is 591 g/mol. The van der Waals surface area contributed by atoms with Crippen molar-refractivity contribution in [3.05, 3.63) is 23.5 Å². The fourth-order valence-corrected chi connectivity index (χ4v) is 5.04. The number of methoxy groups -OCH3 is 1. The van der Waals surface area contributed by atoms with Crippen LogP contribution in [0.25, 0.3) is 0 Å². The molecule has 1 saturated carbocycles. The van der Waals surface area contributed by atoms with E-state index in [2.05, 4.69) is 15.3 Å². The third kappa shape index (κ3) is 7.63. The van der Waals surface area contributed by atoms with Crippen LogP contribution < -0.4 is 11.1 Å². The minimum atomic E-state index is -1.45. The van der Waals surface area contributed by atoms with Gasteiger partial charge in [0.2, 0.25) is 0 Å². The summed E-state index contributed by atoms with van der Waals surface area (Å²) in [4.78, 5) is 45.1. The molecule has 3 rings (SSSR count). The Morgan fingerprint density at radius 3 is 2.57 bits per heavy atom. The van der Waals surface area contributed by atoms with Gasteiger partial charge in [-0.1, -0.05) is 26.7 Å². The molecule has 13 nitrogen and oxygen atoms in total. The highest BCUT2D eigenvalue weighted by Crippen LogP contribution is 2.41.